The molecule has 116 valence electrons. The molecule has 0 unspecified atom stereocenters. The lowest BCUT2D eigenvalue weighted by atomic mass is 10.2. The highest BCUT2D eigenvalue weighted by atomic mass is 16.5. The number of hydrogen-bond donors (Lipinski definition) is 0. The van der Waals surface area contributed by atoms with Gasteiger partial charge in [0.1, 0.15) is 0 Å². The monoisotopic (exact) mass is 286 g/mol. The average molecular weight is 286 g/mol. The van der Waals surface area contributed by atoms with Crippen molar-refractivity contribution in [3.05, 3.63) is 0 Å². The van der Waals surface area contributed by atoms with Crippen LogP contribution in [0.25, 0.3) is 0 Å². The fourth-order valence-electron chi connectivity index (χ4n) is 2.10. The van der Waals surface area contributed by atoms with E-state index in [4.69, 9.17) is 9.47 Å². The van der Waals surface area contributed by atoms with Gasteiger partial charge in [0.25, 0.3) is 0 Å². The predicted octanol–water partition coefficient (Wildman–Crippen LogP) is 0.510. The van der Waals surface area contributed by atoms with E-state index in [2.05, 4.69) is 4.90 Å². The summed E-state index contributed by atoms with van der Waals surface area (Å²) in [6, 6.07) is 0. The highest BCUT2D eigenvalue weighted by molar-refractivity contribution is 5.76. The summed E-state index contributed by atoms with van der Waals surface area (Å²) in [5.74, 6) is 0.0378. The molecule has 0 aromatic heterocycles. The lowest BCUT2D eigenvalue weighted by molar-refractivity contribution is -0.143. The molecule has 6 nitrogen and oxygen atoms in total. The van der Waals surface area contributed by atoms with Gasteiger partial charge in [0.2, 0.25) is 5.91 Å². The average Bonchev–Trinajstić information content (AvgIpc) is 2.46. The first kappa shape index (κ1) is 16.9. The Bertz CT molecular complexity index is 304. The van der Waals surface area contributed by atoms with Crippen LogP contribution in [0.3, 0.4) is 0 Å². The van der Waals surface area contributed by atoms with Crippen molar-refractivity contribution in [3.8, 4) is 0 Å². The topological polar surface area (TPSA) is 59.1 Å². The number of morpholine rings is 1. The van der Waals surface area contributed by atoms with Crippen LogP contribution in [-0.2, 0) is 19.1 Å². The summed E-state index contributed by atoms with van der Waals surface area (Å²) in [4.78, 5) is 27.0. The summed E-state index contributed by atoms with van der Waals surface area (Å²) in [5.41, 5.74) is 0. The third-order valence-electron chi connectivity index (χ3n) is 3.30. The molecule has 0 bridgehead atoms. The van der Waals surface area contributed by atoms with Gasteiger partial charge in [-0.1, -0.05) is 0 Å². The Morgan fingerprint density at radius 2 is 1.90 bits per heavy atom. The molecule has 0 aliphatic carbocycles. The number of nitrogens with zero attached hydrogens (tertiary/aromatic N) is 2. The van der Waals surface area contributed by atoms with Crippen LogP contribution in [-0.4, -0.2) is 74.7 Å². The van der Waals surface area contributed by atoms with Crippen molar-refractivity contribution in [2.45, 2.75) is 26.2 Å². The number of rotatable bonds is 8. The zero-order chi connectivity index (χ0) is 14.8. The van der Waals surface area contributed by atoms with Gasteiger partial charge in [-0.25, -0.2) is 0 Å². The van der Waals surface area contributed by atoms with Gasteiger partial charge in [-0.2, -0.15) is 0 Å². The molecule has 0 aromatic carbocycles. The Labute approximate surface area is 121 Å². The molecule has 0 aromatic rings. The molecule has 0 atom stereocenters. The molecule has 1 saturated heterocycles. The van der Waals surface area contributed by atoms with Crippen molar-refractivity contribution in [2.75, 3.05) is 53.0 Å². The van der Waals surface area contributed by atoms with Gasteiger partial charge >= 0.3 is 5.97 Å². The van der Waals surface area contributed by atoms with E-state index in [0.717, 1.165) is 13.0 Å². The second-order valence-corrected chi connectivity index (χ2v) is 4.96. The van der Waals surface area contributed by atoms with Crippen LogP contribution >= 0.6 is 0 Å². The summed E-state index contributed by atoms with van der Waals surface area (Å²) in [5, 5.41) is 0. The van der Waals surface area contributed by atoms with Crippen molar-refractivity contribution in [2.24, 2.45) is 0 Å². The first-order valence-corrected chi connectivity index (χ1v) is 7.33. The van der Waals surface area contributed by atoms with Gasteiger partial charge in [-0.3, -0.25) is 9.59 Å². The molecule has 1 rings (SSSR count). The second-order valence-electron chi connectivity index (χ2n) is 4.96. The zero-order valence-corrected chi connectivity index (χ0v) is 12.6. The summed E-state index contributed by atoms with van der Waals surface area (Å²) >= 11 is 0. The van der Waals surface area contributed by atoms with Crippen LogP contribution in [0, 0.1) is 0 Å². The van der Waals surface area contributed by atoms with Crippen molar-refractivity contribution in [1.82, 2.24) is 9.80 Å². The maximum Gasteiger partial charge on any atom is 0.307 e. The molecule has 0 N–H and O–H groups in total. The zero-order valence-electron chi connectivity index (χ0n) is 12.6. The molecule has 1 heterocycles. The molecular formula is C14H26N2O4. The van der Waals surface area contributed by atoms with Crippen LogP contribution in [0.15, 0.2) is 0 Å². The van der Waals surface area contributed by atoms with Crippen molar-refractivity contribution >= 4 is 11.9 Å². The molecule has 0 saturated carbocycles. The van der Waals surface area contributed by atoms with Gasteiger partial charge in [0, 0.05) is 26.1 Å². The lowest BCUT2D eigenvalue weighted by Crippen LogP contribution is -2.40. The molecular weight excluding hydrogens is 260 g/mol. The molecule has 1 fully saturated rings. The Kier molecular flexibility index (Phi) is 8.22. The number of amides is 1. The quantitative estimate of drug-likeness (QED) is 0.609. The van der Waals surface area contributed by atoms with Gasteiger partial charge in [-0.15, -0.1) is 0 Å². The smallest absolute Gasteiger partial charge is 0.307 e. The van der Waals surface area contributed by atoms with Crippen LogP contribution < -0.4 is 0 Å². The normalized spacial score (nSPS) is 15.4. The van der Waals surface area contributed by atoms with E-state index in [1.165, 1.54) is 0 Å². The van der Waals surface area contributed by atoms with E-state index in [9.17, 15) is 9.59 Å². The molecule has 1 aliphatic heterocycles. The first-order chi connectivity index (χ1) is 9.63. The number of ether oxygens (including phenoxy) is 2. The van der Waals surface area contributed by atoms with Crippen molar-refractivity contribution in [1.29, 1.82) is 0 Å². The minimum absolute atomic E-state index is 0.163. The fourth-order valence-corrected chi connectivity index (χ4v) is 2.10. The van der Waals surface area contributed by atoms with Gasteiger partial charge in [0.15, 0.2) is 0 Å². The van der Waals surface area contributed by atoms with Crippen molar-refractivity contribution < 1.29 is 19.1 Å². The minimum Gasteiger partial charge on any atom is -0.466 e. The van der Waals surface area contributed by atoms with E-state index in [1.807, 2.05) is 11.9 Å². The SMILES string of the molecule is CCOC(=O)CCN(C)CCCC(=O)N1CCOCC1. The predicted molar refractivity (Wildman–Crippen MR) is 75.4 cm³/mol. The van der Waals surface area contributed by atoms with Crippen molar-refractivity contribution in [3.63, 3.8) is 0 Å². The van der Waals surface area contributed by atoms with Crippen LogP contribution in [0.4, 0.5) is 0 Å². The van der Waals surface area contributed by atoms with E-state index in [0.29, 0.717) is 52.3 Å². The minimum atomic E-state index is -0.163. The van der Waals surface area contributed by atoms with E-state index in [-0.39, 0.29) is 11.9 Å². The Morgan fingerprint density at radius 1 is 1.20 bits per heavy atom. The summed E-state index contributed by atoms with van der Waals surface area (Å²) in [6.07, 6.45) is 1.78. The van der Waals surface area contributed by atoms with E-state index >= 15 is 0 Å². The first-order valence-electron chi connectivity index (χ1n) is 7.33. The van der Waals surface area contributed by atoms with E-state index < -0.39 is 0 Å². The highest BCUT2D eigenvalue weighted by Crippen LogP contribution is 2.03. The largest absolute Gasteiger partial charge is 0.466 e. The van der Waals surface area contributed by atoms with Gasteiger partial charge < -0.3 is 19.3 Å². The fraction of sp³-hybridized carbons (Fsp3) is 0.857. The van der Waals surface area contributed by atoms with Gasteiger partial charge in [-0.05, 0) is 26.9 Å². The molecule has 1 amide bonds. The number of carbonyl (C=O) groups is 2. The Hall–Kier alpha value is -1.14. The van der Waals surface area contributed by atoms with E-state index in [1.54, 1.807) is 6.92 Å². The van der Waals surface area contributed by atoms with Gasteiger partial charge in [0.05, 0.1) is 26.2 Å². The number of esters is 1. The summed E-state index contributed by atoms with van der Waals surface area (Å²) < 4.78 is 10.1. The number of carbonyl (C=O) groups excluding carboxylic acids is 2. The lowest BCUT2D eigenvalue weighted by Gasteiger charge is -2.27. The Balaban J connectivity index is 2.07. The van der Waals surface area contributed by atoms with Crippen LogP contribution in [0.2, 0.25) is 0 Å². The third kappa shape index (κ3) is 6.86. The standard InChI is InChI=1S/C14H26N2O4/c1-3-20-14(18)6-8-15(2)7-4-5-13(17)16-9-11-19-12-10-16/h3-12H2,1-2H3. The molecule has 0 radical (unpaired) electrons. The third-order valence-corrected chi connectivity index (χ3v) is 3.30. The summed E-state index contributed by atoms with van der Waals surface area (Å²) in [7, 11) is 1.96. The molecule has 0 spiro atoms. The highest BCUT2D eigenvalue weighted by Gasteiger charge is 2.16. The molecule has 6 heteroatoms. The Morgan fingerprint density at radius 3 is 2.55 bits per heavy atom. The number of hydrogen-bond acceptors (Lipinski definition) is 5. The molecule has 1 aliphatic rings. The molecule has 20 heavy (non-hydrogen) atoms. The maximum absolute atomic E-state index is 11.9. The van der Waals surface area contributed by atoms with Crippen LogP contribution in [0.1, 0.15) is 26.2 Å². The maximum atomic E-state index is 11.9. The summed E-state index contributed by atoms with van der Waals surface area (Å²) in [6.45, 7) is 6.42. The van der Waals surface area contributed by atoms with Crippen LogP contribution in [0.5, 0.6) is 0 Å². The second kappa shape index (κ2) is 9.72.